The molecule has 3 heterocycles. The maximum Gasteiger partial charge on any atom is 0.335 e. The van der Waals surface area contributed by atoms with Gasteiger partial charge < -0.3 is 31.1 Å². The molecule has 56 heavy (non-hydrogen) atoms. The number of aryl methyl sites for hydroxylation is 1. The first kappa shape index (κ1) is 39.5. The molecule has 2 atom stereocenters. The zero-order valence-electron chi connectivity index (χ0n) is 30.3. The number of nitrogens with zero attached hydrogens (tertiary/aromatic N) is 2. The highest BCUT2D eigenvalue weighted by atomic mass is 32.1. The zero-order chi connectivity index (χ0) is 39.9. The number of likely N-dealkylation sites (tertiary alicyclic amines) is 1. The minimum absolute atomic E-state index is 0.0280. The van der Waals surface area contributed by atoms with Crippen LogP contribution in [0, 0.1) is 11.6 Å². The molecule has 2 aliphatic rings. The van der Waals surface area contributed by atoms with Crippen LogP contribution in [-0.2, 0) is 24.2 Å². The van der Waals surface area contributed by atoms with Crippen LogP contribution in [0.5, 0.6) is 0 Å². The van der Waals surface area contributed by atoms with Crippen LogP contribution in [0.25, 0.3) is 10.1 Å². The van der Waals surface area contributed by atoms with E-state index in [2.05, 4.69) is 20.9 Å². The number of hydrogen-bond acceptors (Lipinski definition) is 7. The van der Waals surface area contributed by atoms with Gasteiger partial charge in [-0.2, -0.15) is 0 Å². The predicted octanol–water partition coefficient (Wildman–Crippen LogP) is 6.86. The topological polar surface area (TPSA) is 168 Å². The van der Waals surface area contributed by atoms with E-state index in [1.807, 2.05) is 35.2 Å². The number of hydrogen-bond donors (Lipinski definition) is 5. The molecule has 2 unspecified atom stereocenters. The summed E-state index contributed by atoms with van der Waals surface area (Å²) in [5.41, 5.74) is 2.15. The maximum atomic E-state index is 15.2. The molecule has 15 heteroatoms. The van der Waals surface area contributed by atoms with Crippen LogP contribution in [0.3, 0.4) is 0 Å². The second-order valence-electron chi connectivity index (χ2n) is 13.5. The molecule has 0 saturated carbocycles. The zero-order valence-corrected chi connectivity index (χ0v) is 31.1. The molecule has 0 aliphatic carbocycles. The summed E-state index contributed by atoms with van der Waals surface area (Å²) in [5, 5.41) is 25.1. The third-order valence-electron chi connectivity index (χ3n) is 9.91. The fraction of sp³-hybridized carbons (Fsp3) is 0.244. The highest BCUT2D eigenvalue weighted by Gasteiger charge is 2.42. The highest BCUT2D eigenvalue weighted by Crippen LogP contribution is 2.37. The molecule has 1 aromatic heterocycles. The molecule has 7 rings (SSSR count). The van der Waals surface area contributed by atoms with Gasteiger partial charge in [-0.3, -0.25) is 19.3 Å². The lowest BCUT2D eigenvalue weighted by Crippen LogP contribution is -2.57. The molecule has 4 aromatic carbocycles. The Bertz CT molecular complexity index is 2250. The van der Waals surface area contributed by atoms with Gasteiger partial charge >= 0.3 is 12.0 Å². The van der Waals surface area contributed by atoms with Crippen LogP contribution in [0.15, 0.2) is 84.9 Å². The number of aromatic carboxylic acids is 1. The molecule has 4 amide bonds. The Morgan fingerprint density at radius 2 is 1.48 bits per heavy atom. The summed E-state index contributed by atoms with van der Waals surface area (Å²) in [6, 6.07) is 23.0. The number of rotatable bonds is 10. The number of piperazine rings is 1. The number of carbonyl (C=O) groups excluding carboxylic acids is 3. The van der Waals surface area contributed by atoms with Gasteiger partial charge in [-0.25, -0.2) is 18.4 Å². The van der Waals surface area contributed by atoms with Gasteiger partial charge in [0.15, 0.2) is 0 Å². The second kappa shape index (κ2) is 17.5. The van der Waals surface area contributed by atoms with Crippen LogP contribution in [0.2, 0.25) is 0 Å². The molecule has 2 aliphatic heterocycles. The van der Waals surface area contributed by atoms with Crippen molar-refractivity contribution < 1.29 is 43.0 Å². The lowest BCUT2D eigenvalue weighted by molar-refractivity contribution is -0.122. The number of carboxylic acid groups (broad SMARTS) is 2. The Kier molecular flexibility index (Phi) is 12.4. The van der Waals surface area contributed by atoms with E-state index >= 15 is 8.78 Å². The highest BCUT2D eigenvalue weighted by molar-refractivity contribution is 7.23. The molecular weight excluding hydrogens is 745 g/mol. The van der Waals surface area contributed by atoms with Crippen molar-refractivity contribution in [1.29, 1.82) is 0 Å². The van der Waals surface area contributed by atoms with E-state index < -0.39 is 29.4 Å². The van der Waals surface area contributed by atoms with Crippen molar-refractivity contribution in [3.8, 4) is 0 Å². The van der Waals surface area contributed by atoms with Crippen molar-refractivity contribution in [2.75, 3.05) is 30.8 Å². The third-order valence-corrected chi connectivity index (χ3v) is 11.0. The quantitative estimate of drug-likeness (QED) is 0.0959. The van der Waals surface area contributed by atoms with Gasteiger partial charge in [-0.1, -0.05) is 42.5 Å². The van der Waals surface area contributed by atoms with Crippen LogP contribution >= 0.6 is 11.3 Å². The number of carbonyl (C=O) groups is 5. The van der Waals surface area contributed by atoms with Crippen molar-refractivity contribution >= 4 is 62.4 Å². The summed E-state index contributed by atoms with van der Waals surface area (Å²) in [6.07, 6.45) is 2.24. The molecule has 2 bridgehead atoms. The molecule has 2 fully saturated rings. The fourth-order valence-electron chi connectivity index (χ4n) is 7.37. The van der Waals surface area contributed by atoms with Crippen molar-refractivity contribution in [1.82, 2.24) is 15.1 Å². The normalized spacial score (nSPS) is 16.1. The smallest absolute Gasteiger partial charge is 0.335 e. The van der Waals surface area contributed by atoms with Gasteiger partial charge in [0.2, 0.25) is 0 Å². The number of nitrogens with one attached hydrogen (secondary N) is 3. The first-order chi connectivity index (χ1) is 27.0. The molecule has 5 N–H and O–H groups in total. The number of urea groups is 1. The number of fused-ring (bicyclic) bond motifs is 3. The van der Waals surface area contributed by atoms with Crippen LogP contribution in [0.1, 0.15) is 60.6 Å². The molecular formula is C41H39F2N5O7S. The Morgan fingerprint density at radius 3 is 2.12 bits per heavy atom. The summed E-state index contributed by atoms with van der Waals surface area (Å²) in [5.74, 6) is -3.76. The summed E-state index contributed by atoms with van der Waals surface area (Å²) in [6.45, 7) is 1.88. The summed E-state index contributed by atoms with van der Waals surface area (Å²) >= 11 is 1.23. The van der Waals surface area contributed by atoms with Crippen molar-refractivity contribution in [2.24, 2.45) is 0 Å². The summed E-state index contributed by atoms with van der Waals surface area (Å²) < 4.78 is 31.2. The minimum atomic E-state index is -1.06. The van der Waals surface area contributed by atoms with Gasteiger partial charge in [0.25, 0.3) is 18.3 Å². The lowest BCUT2D eigenvalue weighted by Gasteiger charge is -2.40. The average Bonchev–Trinajstić information content (AvgIpc) is 3.68. The first-order valence-electron chi connectivity index (χ1n) is 17.8. The minimum Gasteiger partial charge on any atom is -0.483 e. The summed E-state index contributed by atoms with van der Waals surface area (Å²) in [4.78, 5) is 63.5. The number of halogens is 2. The first-order valence-corrected chi connectivity index (χ1v) is 18.6. The monoisotopic (exact) mass is 783 g/mol. The van der Waals surface area contributed by atoms with Crippen molar-refractivity contribution in [3.63, 3.8) is 0 Å². The Labute approximate surface area is 324 Å². The number of thiophene rings is 1. The molecule has 0 spiro atoms. The standard InChI is InChI=1S/C40H37F2N5O5S.CH2O2/c1-43-40(52)47-28-14-15-29(47)22-46(21-28)20-24-5-4-6-26(17-24)36(48)45-38-35(31-7-2-3-8-34(31)53-38)37(49)44-27-18-32(41)30(33(42)19-27)16-11-23-9-12-25(13-10-23)39(50)51;2-1-3/h2-10,12-13,17-19,28-29H,11,14-16,20-22H2,1H3,(H,43,52)(H,44,49)(H,45,48)(H,50,51);1H,(H,2,3). The van der Waals surface area contributed by atoms with E-state index in [9.17, 15) is 19.2 Å². The third kappa shape index (κ3) is 8.85. The van der Waals surface area contributed by atoms with E-state index in [4.69, 9.17) is 15.0 Å². The van der Waals surface area contributed by atoms with Gasteiger partial charge in [0.1, 0.15) is 16.6 Å². The van der Waals surface area contributed by atoms with E-state index in [0.29, 0.717) is 22.5 Å². The fourth-order valence-corrected chi connectivity index (χ4v) is 8.47. The average molecular weight is 784 g/mol. The molecule has 2 saturated heterocycles. The van der Waals surface area contributed by atoms with Gasteiger partial charge in [0, 0.05) is 65.7 Å². The molecule has 5 aromatic rings. The number of carboxylic acids is 1. The van der Waals surface area contributed by atoms with Crippen LogP contribution in [-0.4, -0.2) is 82.5 Å². The molecule has 0 radical (unpaired) electrons. The second-order valence-corrected chi connectivity index (χ2v) is 14.5. The van der Waals surface area contributed by atoms with E-state index in [1.54, 1.807) is 37.4 Å². The van der Waals surface area contributed by atoms with E-state index in [-0.39, 0.29) is 59.8 Å². The number of benzene rings is 4. The SMILES string of the molecule is CNC(=O)N1C2CCC1CN(Cc1cccc(C(=O)Nc3sc4ccccc4c3C(=O)Nc3cc(F)c(CCc4ccc(C(=O)O)cc4)c(F)c3)c1)C2.O=CO. The maximum absolute atomic E-state index is 15.2. The largest absolute Gasteiger partial charge is 0.483 e. The van der Waals surface area contributed by atoms with Gasteiger partial charge in [-0.15, -0.1) is 11.3 Å². The predicted molar refractivity (Wildman–Crippen MR) is 208 cm³/mol. The van der Waals surface area contributed by atoms with E-state index in [0.717, 1.165) is 53.9 Å². The van der Waals surface area contributed by atoms with Gasteiger partial charge in [0.05, 0.1) is 11.1 Å². The van der Waals surface area contributed by atoms with Crippen molar-refractivity contribution in [2.45, 2.75) is 44.3 Å². The van der Waals surface area contributed by atoms with Crippen LogP contribution < -0.4 is 16.0 Å². The Morgan fingerprint density at radius 1 is 0.821 bits per heavy atom. The molecule has 12 nitrogen and oxygen atoms in total. The lowest BCUT2D eigenvalue weighted by atomic mass is 10.0. The van der Waals surface area contributed by atoms with E-state index in [1.165, 1.54) is 23.5 Å². The van der Waals surface area contributed by atoms with Crippen molar-refractivity contribution in [3.05, 3.63) is 130 Å². The summed E-state index contributed by atoms with van der Waals surface area (Å²) in [7, 11) is 1.65. The van der Waals surface area contributed by atoms with Crippen LogP contribution in [0.4, 0.5) is 24.3 Å². The number of amides is 4. The molecule has 290 valence electrons. The van der Waals surface area contributed by atoms with Gasteiger partial charge in [-0.05, 0) is 79.3 Å². The Hall–Kier alpha value is -6.19. The number of anilines is 2. The Balaban J connectivity index is 0.00000172.